The summed E-state index contributed by atoms with van der Waals surface area (Å²) in [5, 5.41) is 9.44. The predicted octanol–water partition coefficient (Wildman–Crippen LogP) is 3.20. The van der Waals surface area contributed by atoms with Gasteiger partial charge in [-0.3, -0.25) is 9.59 Å². The van der Waals surface area contributed by atoms with E-state index in [1.165, 1.54) is 6.20 Å². The van der Waals surface area contributed by atoms with Crippen LogP contribution in [0.1, 0.15) is 26.3 Å². The summed E-state index contributed by atoms with van der Waals surface area (Å²) < 4.78 is 0. The second-order valence-corrected chi connectivity index (χ2v) is 7.79. The van der Waals surface area contributed by atoms with Crippen molar-refractivity contribution < 1.29 is 9.59 Å². The highest BCUT2D eigenvalue weighted by atomic mass is 35.5. The molecule has 10 heteroatoms. The Morgan fingerprint density at radius 3 is 2.78 bits per heavy atom. The lowest BCUT2D eigenvalue weighted by Gasteiger charge is -2.22. The number of hydrogen-bond donors (Lipinski definition) is 4. The van der Waals surface area contributed by atoms with Gasteiger partial charge in [-0.25, -0.2) is 4.98 Å². The number of hydrogen-bond acceptors (Lipinski definition) is 7. The third-order valence-corrected chi connectivity index (χ3v) is 5.44. The van der Waals surface area contributed by atoms with Crippen molar-refractivity contribution in [1.82, 2.24) is 15.3 Å². The third-order valence-electron chi connectivity index (χ3n) is 5.17. The number of benzene rings is 2. The average Bonchev–Trinajstić information content (AvgIpc) is 2.90. The van der Waals surface area contributed by atoms with Crippen molar-refractivity contribution in [2.45, 2.75) is 6.92 Å². The second kappa shape index (κ2) is 8.72. The van der Waals surface area contributed by atoms with E-state index in [1.54, 1.807) is 24.3 Å². The van der Waals surface area contributed by atoms with Crippen LogP contribution in [-0.4, -0.2) is 41.9 Å². The number of carbonyl (C=O) groups is 2. The van der Waals surface area contributed by atoms with Crippen molar-refractivity contribution in [2.75, 3.05) is 35.7 Å². The predicted molar refractivity (Wildman–Crippen MR) is 125 cm³/mol. The van der Waals surface area contributed by atoms with Gasteiger partial charge in [0.2, 0.25) is 5.95 Å². The minimum atomic E-state index is -0.562. The highest BCUT2D eigenvalue weighted by Gasteiger charge is 2.22. The summed E-state index contributed by atoms with van der Waals surface area (Å²) in [5.74, 6) is -0.106. The van der Waals surface area contributed by atoms with Crippen LogP contribution >= 0.6 is 11.6 Å². The summed E-state index contributed by atoms with van der Waals surface area (Å²) in [7, 11) is 1.92. The first-order chi connectivity index (χ1) is 15.3. The Bertz CT molecular complexity index is 1210. The number of amides is 2. The summed E-state index contributed by atoms with van der Waals surface area (Å²) in [6.45, 7) is 3.06. The number of carbonyl (C=O) groups excluding carboxylic acids is 2. The molecule has 2 amide bonds. The second-order valence-electron chi connectivity index (χ2n) is 7.38. The average molecular weight is 452 g/mol. The zero-order valence-corrected chi connectivity index (χ0v) is 18.3. The molecule has 3 aromatic rings. The van der Waals surface area contributed by atoms with Gasteiger partial charge < -0.3 is 26.6 Å². The zero-order valence-electron chi connectivity index (χ0n) is 17.6. The summed E-state index contributed by atoms with van der Waals surface area (Å²) in [6.07, 6.45) is 1.46. The highest BCUT2D eigenvalue weighted by Crippen LogP contribution is 2.33. The van der Waals surface area contributed by atoms with E-state index < -0.39 is 5.91 Å². The van der Waals surface area contributed by atoms with Crippen LogP contribution in [0.2, 0.25) is 5.02 Å². The van der Waals surface area contributed by atoms with Crippen molar-refractivity contribution in [1.29, 1.82) is 0 Å². The van der Waals surface area contributed by atoms with Crippen LogP contribution in [0.5, 0.6) is 0 Å². The lowest BCUT2D eigenvalue weighted by atomic mass is 10.1. The Labute approximate surface area is 190 Å². The van der Waals surface area contributed by atoms with Gasteiger partial charge in [-0.1, -0.05) is 29.8 Å². The van der Waals surface area contributed by atoms with Gasteiger partial charge in [0, 0.05) is 20.1 Å². The molecule has 32 heavy (non-hydrogen) atoms. The van der Waals surface area contributed by atoms with E-state index in [-0.39, 0.29) is 16.9 Å². The van der Waals surface area contributed by atoms with Crippen molar-refractivity contribution in [3.05, 3.63) is 64.3 Å². The standard InChI is InChI=1S/C22H22ClN7O2/c1-12-5-3-6-13(19(24)31)17(12)28-20-15(23)11-26-22(29-20)27-16-8-4-7-14-18(16)30(2)10-9-25-21(14)32/h3-8,11H,9-10H2,1-2H3,(H2,24,31)(H,25,32)(H2,26,27,28,29). The number of nitrogens with zero attached hydrogens (tertiary/aromatic N) is 3. The normalized spacial score (nSPS) is 13.1. The topological polar surface area (TPSA) is 125 Å². The monoisotopic (exact) mass is 451 g/mol. The van der Waals surface area contributed by atoms with Crippen LogP contribution in [0.4, 0.5) is 28.8 Å². The molecule has 5 N–H and O–H groups in total. The van der Waals surface area contributed by atoms with Gasteiger partial charge in [0.15, 0.2) is 5.82 Å². The maximum atomic E-state index is 12.4. The van der Waals surface area contributed by atoms with E-state index in [4.69, 9.17) is 17.3 Å². The quantitative estimate of drug-likeness (QED) is 0.469. The van der Waals surface area contributed by atoms with Gasteiger partial charge in [-0.05, 0) is 30.7 Å². The minimum absolute atomic E-state index is 0.133. The SMILES string of the molecule is Cc1cccc(C(N)=O)c1Nc1nc(Nc2cccc3c2N(C)CCNC3=O)ncc1Cl. The largest absolute Gasteiger partial charge is 0.371 e. The number of anilines is 5. The number of likely N-dealkylation sites (N-methyl/N-ethyl adjacent to an activating group) is 1. The van der Waals surface area contributed by atoms with Gasteiger partial charge >= 0.3 is 0 Å². The van der Waals surface area contributed by atoms with Gasteiger partial charge in [0.25, 0.3) is 11.8 Å². The molecule has 0 saturated carbocycles. The molecule has 1 aliphatic heterocycles. The molecule has 4 rings (SSSR count). The number of fused-ring (bicyclic) bond motifs is 1. The van der Waals surface area contributed by atoms with E-state index in [0.717, 1.165) is 11.3 Å². The molecule has 2 aromatic carbocycles. The molecule has 9 nitrogen and oxygen atoms in total. The number of rotatable bonds is 5. The number of nitrogens with two attached hydrogens (primary N) is 1. The first-order valence-electron chi connectivity index (χ1n) is 9.93. The number of para-hydroxylation sites is 2. The van der Waals surface area contributed by atoms with Crippen molar-refractivity contribution in [2.24, 2.45) is 5.73 Å². The molecule has 1 aromatic heterocycles. The fourth-order valence-electron chi connectivity index (χ4n) is 3.58. The van der Waals surface area contributed by atoms with Gasteiger partial charge in [0.1, 0.15) is 5.02 Å². The number of aryl methyl sites for hydroxylation is 1. The lowest BCUT2D eigenvalue weighted by Crippen LogP contribution is -2.27. The van der Waals surface area contributed by atoms with Crippen molar-refractivity contribution >= 4 is 52.2 Å². The Hall–Kier alpha value is -3.85. The minimum Gasteiger partial charge on any atom is -0.371 e. The van der Waals surface area contributed by atoms with Gasteiger partial charge in [0.05, 0.1) is 34.4 Å². The van der Waals surface area contributed by atoms with E-state index in [9.17, 15) is 9.59 Å². The molecule has 0 unspecified atom stereocenters. The molecule has 0 aliphatic carbocycles. The maximum absolute atomic E-state index is 12.4. The number of aromatic nitrogens is 2. The van der Waals surface area contributed by atoms with Crippen molar-refractivity contribution in [3.63, 3.8) is 0 Å². The molecule has 0 spiro atoms. The van der Waals surface area contributed by atoms with Crippen molar-refractivity contribution in [3.8, 4) is 0 Å². The van der Waals surface area contributed by atoms with E-state index in [1.807, 2.05) is 31.0 Å². The van der Waals surface area contributed by atoms with Crippen LogP contribution in [-0.2, 0) is 0 Å². The highest BCUT2D eigenvalue weighted by molar-refractivity contribution is 6.33. The zero-order chi connectivity index (χ0) is 22.8. The third kappa shape index (κ3) is 4.15. The number of nitrogens with one attached hydrogen (secondary N) is 3. The molecular formula is C22H22ClN7O2. The maximum Gasteiger partial charge on any atom is 0.253 e. The van der Waals surface area contributed by atoms with Gasteiger partial charge in [-0.15, -0.1) is 0 Å². The Kier molecular flexibility index (Phi) is 5.83. The molecule has 1 aliphatic rings. The molecule has 0 bridgehead atoms. The summed E-state index contributed by atoms with van der Waals surface area (Å²) in [5.41, 5.74) is 9.18. The van der Waals surface area contributed by atoms with E-state index >= 15 is 0 Å². The molecule has 0 atom stereocenters. The molecular weight excluding hydrogens is 430 g/mol. The van der Waals surface area contributed by atoms with E-state index in [2.05, 4.69) is 25.9 Å². The first-order valence-corrected chi connectivity index (χ1v) is 10.3. The molecule has 0 fully saturated rings. The number of primary amides is 1. The van der Waals surface area contributed by atoms with E-state index in [0.29, 0.717) is 41.4 Å². The molecule has 2 heterocycles. The summed E-state index contributed by atoms with van der Waals surface area (Å²) in [4.78, 5) is 35.0. The fourth-order valence-corrected chi connectivity index (χ4v) is 3.71. The Morgan fingerprint density at radius 1 is 1.22 bits per heavy atom. The van der Waals surface area contributed by atoms with Crippen LogP contribution in [0, 0.1) is 6.92 Å². The Morgan fingerprint density at radius 2 is 2.00 bits per heavy atom. The molecule has 164 valence electrons. The molecule has 0 radical (unpaired) electrons. The van der Waals surface area contributed by atoms with Crippen LogP contribution in [0.3, 0.4) is 0 Å². The molecule has 0 saturated heterocycles. The van der Waals surface area contributed by atoms with Crippen LogP contribution < -0.4 is 26.6 Å². The Balaban J connectivity index is 1.70. The summed E-state index contributed by atoms with van der Waals surface area (Å²) in [6, 6.07) is 10.7. The smallest absolute Gasteiger partial charge is 0.253 e. The first kappa shape index (κ1) is 21.4. The van der Waals surface area contributed by atoms with Crippen LogP contribution in [0.25, 0.3) is 0 Å². The van der Waals surface area contributed by atoms with Gasteiger partial charge in [-0.2, -0.15) is 4.98 Å². The van der Waals surface area contributed by atoms with Crippen LogP contribution in [0.15, 0.2) is 42.6 Å². The number of halogens is 1. The fraction of sp³-hybridized carbons (Fsp3) is 0.182. The summed E-state index contributed by atoms with van der Waals surface area (Å²) >= 11 is 6.32. The lowest BCUT2D eigenvalue weighted by molar-refractivity contribution is 0.0956.